The van der Waals surface area contributed by atoms with Crippen LogP contribution in [0.5, 0.6) is 0 Å². The van der Waals surface area contributed by atoms with Crippen LogP contribution in [0.1, 0.15) is 80.6 Å². The second kappa shape index (κ2) is 21.5. The first-order valence-electron chi connectivity index (χ1n) is 14.4. The summed E-state index contributed by atoms with van der Waals surface area (Å²) < 4.78 is 44.9. The van der Waals surface area contributed by atoms with Crippen molar-refractivity contribution in [3.8, 4) is 0 Å². The van der Waals surface area contributed by atoms with Crippen molar-refractivity contribution < 1.29 is 67.3 Å². The number of carbonyl (C=O) groups is 4. The minimum Gasteiger partial charge on any atom is -0.479 e. The zero-order chi connectivity index (χ0) is 32.2. The minimum absolute atomic E-state index is 0.00526. The lowest BCUT2D eigenvalue weighted by molar-refractivity contribution is -0.403. The van der Waals surface area contributed by atoms with Gasteiger partial charge in [-0.1, -0.05) is 20.8 Å². The highest BCUT2D eigenvalue weighted by atomic mass is 16.9. The molecule has 4 unspecified atom stereocenters. The first kappa shape index (κ1) is 39.8. The minimum atomic E-state index is -2.90. The smallest absolute Gasteiger partial charge is 0.336 e. The molecule has 42 heavy (non-hydrogen) atoms. The number of aliphatic carboxylic acids is 1. The van der Waals surface area contributed by atoms with Crippen LogP contribution in [0.4, 0.5) is 0 Å². The highest BCUT2D eigenvalue weighted by molar-refractivity contribution is 5.91. The Morgan fingerprint density at radius 1 is 0.667 bits per heavy atom. The summed E-state index contributed by atoms with van der Waals surface area (Å²) in [5.41, 5.74) is -2.90. The maximum Gasteiger partial charge on any atom is 0.336 e. The lowest BCUT2D eigenvalue weighted by Crippen LogP contribution is -2.50. The van der Waals surface area contributed by atoms with E-state index in [1.165, 1.54) is 0 Å². The molecule has 246 valence electrons. The Kier molecular flexibility index (Phi) is 20.4. The van der Waals surface area contributed by atoms with E-state index >= 15 is 0 Å². The molecule has 2 N–H and O–H groups in total. The number of ether oxygens (including phenoxy) is 8. The Bertz CT molecular complexity index is 758. The van der Waals surface area contributed by atoms with Crippen LogP contribution in [0.3, 0.4) is 0 Å². The topological polar surface area (TPSA) is 183 Å². The molecule has 0 aliphatic rings. The van der Waals surface area contributed by atoms with Gasteiger partial charge in [0, 0.05) is 26.7 Å². The van der Waals surface area contributed by atoms with Crippen molar-refractivity contribution >= 4 is 23.9 Å². The van der Waals surface area contributed by atoms with Gasteiger partial charge in [-0.05, 0) is 40.0 Å². The van der Waals surface area contributed by atoms with E-state index in [9.17, 15) is 29.4 Å². The monoisotopic (exact) mass is 610 g/mol. The van der Waals surface area contributed by atoms with Gasteiger partial charge in [-0.3, -0.25) is 14.4 Å². The number of hydrogen-bond acceptors (Lipinski definition) is 13. The van der Waals surface area contributed by atoms with Crippen molar-refractivity contribution in [3.05, 3.63) is 0 Å². The predicted molar refractivity (Wildman–Crippen MR) is 147 cm³/mol. The van der Waals surface area contributed by atoms with Gasteiger partial charge in [-0.2, -0.15) is 0 Å². The Hall–Kier alpha value is -2.20. The summed E-state index contributed by atoms with van der Waals surface area (Å²) in [7, 11) is 0. The molecule has 0 saturated heterocycles. The second-order valence-corrected chi connectivity index (χ2v) is 9.39. The van der Waals surface area contributed by atoms with E-state index in [2.05, 4.69) is 4.74 Å². The number of carboxylic acid groups (broad SMARTS) is 1. The second-order valence-electron chi connectivity index (χ2n) is 9.39. The van der Waals surface area contributed by atoms with E-state index in [4.69, 9.17) is 33.2 Å². The fourth-order valence-corrected chi connectivity index (χ4v) is 3.58. The summed E-state index contributed by atoms with van der Waals surface area (Å²) in [5, 5.41) is 20.0. The van der Waals surface area contributed by atoms with E-state index in [1.54, 1.807) is 0 Å². The van der Waals surface area contributed by atoms with Gasteiger partial charge < -0.3 is 48.1 Å². The van der Waals surface area contributed by atoms with E-state index in [0.717, 1.165) is 6.92 Å². The SMILES string of the molecule is CCOC(CC)COC(COC(=O)CC(O)(CC(=O)OC(C)=O)C(=O)O)(OCC(CC)OCC)OCC(CC)OCC. The van der Waals surface area contributed by atoms with Crippen LogP contribution in [0.2, 0.25) is 0 Å². The fourth-order valence-electron chi connectivity index (χ4n) is 3.58. The molecule has 0 aromatic carbocycles. The van der Waals surface area contributed by atoms with Crippen molar-refractivity contribution in [2.75, 3.05) is 46.2 Å². The lowest BCUT2D eigenvalue weighted by atomic mass is 9.96. The highest BCUT2D eigenvalue weighted by Gasteiger charge is 2.44. The van der Waals surface area contributed by atoms with Crippen molar-refractivity contribution in [2.24, 2.45) is 0 Å². The summed E-state index contributed by atoms with van der Waals surface area (Å²) in [4.78, 5) is 47.4. The van der Waals surface area contributed by atoms with Crippen LogP contribution in [-0.2, 0) is 57.1 Å². The maximum absolute atomic E-state index is 12.8. The third kappa shape index (κ3) is 15.9. The van der Waals surface area contributed by atoms with Crippen molar-refractivity contribution in [2.45, 2.75) is 110 Å². The first-order valence-corrected chi connectivity index (χ1v) is 14.4. The van der Waals surface area contributed by atoms with Crippen LogP contribution >= 0.6 is 0 Å². The van der Waals surface area contributed by atoms with Gasteiger partial charge in [-0.25, -0.2) is 4.79 Å². The number of rotatable bonds is 25. The van der Waals surface area contributed by atoms with Crippen LogP contribution in [0, 0.1) is 0 Å². The molecular weight excluding hydrogens is 560 g/mol. The van der Waals surface area contributed by atoms with Gasteiger partial charge in [0.1, 0.15) is 0 Å². The molecule has 0 fully saturated rings. The zero-order valence-electron chi connectivity index (χ0n) is 26.0. The van der Waals surface area contributed by atoms with Crippen LogP contribution < -0.4 is 0 Å². The molecule has 0 aromatic rings. The molecule has 4 atom stereocenters. The number of carboxylic acids is 1. The number of esters is 3. The summed E-state index contributed by atoms with van der Waals surface area (Å²) in [5.74, 6) is -7.40. The van der Waals surface area contributed by atoms with Gasteiger partial charge in [0.25, 0.3) is 0 Å². The largest absolute Gasteiger partial charge is 0.479 e. The fraction of sp³-hybridized carbons (Fsp3) is 0.857. The zero-order valence-corrected chi connectivity index (χ0v) is 26.0. The molecule has 0 saturated carbocycles. The average Bonchev–Trinajstić information content (AvgIpc) is 2.93. The van der Waals surface area contributed by atoms with Crippen molar-refractivity contribution in [1.29, 1.82) is 0 Å². The molecule has 0 heterocycles. The normalized spacial score (nSPS) is 16.5. The average molecular weight is 611 g/mol. The molecule has 14 heteroatoms. The van der Waals surface area contributed by atoms with Crippen molar-refractivity contribution in [3.63, 3.8) is 0 Å². The van der Waals surface area contributed by atoms with Gasteiger partial charge in [0.15, 0.2) is 12.2 Å². The van der Waals surface area contributed by atoms with Crippen molar-refractivity contribution in [1.82, 2.24) is 0 Å². The van der Waals surface area contributed by atoms with Gasteiger partial charge in [0.05, 0.1) is 51.0 Å². The summed E-state index contributed by atoms with van der Waals surface area (Å²) in [6.45, 7) is 12.7. The Morgan fingerprint density at radius 3 is 1.36 bits per heavy atom. The van der Waals surface area contributed by atoms with E-state index < -0.39 is 54.9 Å². The van der Waals surface area contributed by atoms with Gasteiger partial charge in [-0.15, -0.1) is 0 Å². The molecular formula is C28H50O14. The van der Waals surface area contributed by atoms with Gasteiger partial charge in [0.2, 0.25) is 0 Å². The Labute approximate surface area is 248 Å². The Balaban J connectivity index is 6.08. The summed E-state index contributed by atoms with van der Waals surface area (Å²) in [6, 6.07) is 0. The molecule has 0 spiro atoms. The lowest BCUT2D eigenvalue weighted by Gasteiger charge is -2.36. The van der Waals surface area contributed by atoms with Crippen LogP contribution in [0.25, 0.3) is 0 Å². The Morgan fingerprint density at radius 2 is 1.05 bits per heavy atom. The number of carbonyl (C=O) groups excluding carboxylic acids is 3. The van der Waals surface area contributed by atoms with Crippen LogP contribution in [-0.4, -0.2) is 110 Å². The molecule has 14 nitrogen and oxygen atoms in total. The molecule has 0 radical (unpaired) electrons. The van der Waals surface area contributed by atoms with E-state index in [1.807, 2.05) is 41.5 Å². The molecule has 0 aliphatic heterocycles. The molecule has 0 rings (SSSR count). The van der Waals surface area contributed by atoms with E-state index in [0.29, 0.717) is 39.1 Å². The summed E-state index contributed by atoms with van der Waals surface area (Å²) >= 11 is 0. The van der Waals surface area contributed by atoms with Gasteiger partial charge >= 0.3 is 29.9 Å². The third-order valence-corrected chi connectivity index (χ3v) is 5.98. The quantitative estimate of drug-likeness (QED) is 0.0872. The maximum atomic E-state index is 12.8. The summed E-state index contributed by atoms with van der Waals surface area (Å²) in [6.07, 6.45) is -1.55. The number of hydrogen-bond donors (Lipinski definition) is 2. The molecule has 0 aromatic heterocycles. The highest BCUT2D eigenvalue weighted by Crippen LogP contribution is 2.23. The predicted octanol–water partition coefficient (Wildman–Crippen LogP) is 2.36. The standard InChI is InChI=1S/C28H50O14/c1-8-21(35-11-4)16-39-28(40-17-22(9-2)36-12-5,41-18-23(10-3)37-13-6)19-38-24(30)14-27(34,26(32)33)15-25(31)42-20(7)29/h21-23,34H,8-19H2,1-7H3,(H,32,33). The third-order valence-electron chi connectivity index (χ3n) is 5.98. The first-order chi connectivity index (χ1) is 19.8. The number of aliphatic hydroxyl groups is 1. The van der Waals surface area contributed by atoms with Crippen LogP contribution in [0.15, 0.2) is 0 Å². The molecule has 0 bridgehead atoms. The van der Waals surface area contributed by atoms with E-state index in [-0.39, 0.29) is 38.1 Å². The molecule has 0 amide bonds. The molecule has 0 aliphatic carbocycles.